The molecule has 142 valence electrons. The number of rotatable bonds is 2. The van der Waals surface area contributed by atoms with Crippen LogP contribution in [0.25, 0.3) is 0 Å². The molecule has 7 heteroatoms. The second kappa shape index (κ2) is 6.37. The minimum Gasteiger partial charge on any atom is -0.338 e. The molecule has 0 aliphatic carbocycles. The number of nitrogens with zero attached hydrogens (tertiary/aromatic N) is 2. The number of hydrogen-bond donors (Lipinski definition) is 0. The molecule has 2 heterocycles. The Kier molecular flexibility index (Phi) is 4.63. The van der Waals surface area contributed by atoms with E-state index in [0.29, 0.717) is 17.4 Å². The van der Waals surface area contributed by atoms with Crippen LogP contribution in [0, 0.1) is 17.3 Å². The van der Waals surface area contributed by atoms with E-state index < -0.39 is 21.3 Å². The zero-order chi connectivity index (χ0) is 19.3. The Labute approximate surface area is 155 Å². The second-order valence-corrected chi connectivity index (χ2v) is 10.2. The number of carbonyl (C=O) groups is 2. The van der Waals surface area contributed by atoms with E-state index in [0.717, 1.165) is 23.8 Å². The first kappa shape index (κ1) is 18.9. The van der Waals surface area contributed by atoms with Crippen molar-refractivity contribution in [3.05, 3.63) is 29.8 Å². The third kappa shape index (κ3) is 3.37. The van der Waals surface area contributed by atoms with Crippen molar-refractivity contribution in [2.45, 2.75) is 34.1 Å². The van der Waals surface area contributed by atoms with E-state index in [-0.39, 0.29) is 17.3 Å². The maximum Gasteiger partial charge on any atom is 0.253 e. The normalized spacial score (nSPS) is 27.6. The van der Waals surface area contributed by atoms with Gasteiger partial charge in [-0.05, 0) is 56.4 Å². The largest absolute Gasteiger partial charge is 0.338 e. The van der Waals surface area contributed by atoms with Crippen LogP contribution in [0.4, 0.5) is 5.69 Å². The zero-order valence-corrected chi connectivity index (χ0v) is 16.5. The average Bonchev–Trinajstić information content (AvgIpc) is 2.69. The predicted octanol–water partition coefficient (Wildman–Crippen LogP) is 2.51. The van der Waals surface area contributed by atoms with E-state index in [1.165, 1.54) is 0 Å². The Morgan fingerprint density at radius 1 is 1.08 bits per heavy atom. The van der Waals surface area contributed by atoms with Crippen molar-refractivity contribution in [3.8, 4) is 0 Å². The van der Waals surface area contributed by atoms with Gasteiger partial charge in [0.1, 0.15) is 0 Å². The van der Waals surface area contributed by atoms with Gasteiger partial charge < -0.3 is 4.90 Å². The Morgan fingerprint density at radius 3 is 2.08 bits per heavy atom. The van der Waals surface area contributed by atoms with Crippen LogP contribution in [0.3, 0.4) is 0 Å². The zero-order valence-electron chi connectivity index (χ0n) is 15.7. The summed E-state index contributed by atoms with van der Waals surface area (Å²) in [6, 6.07) is 6.30. The van der Waals surface area contributed by atoms with Crippen LogP contribution in [0.2, 0.25) is 0 Å². The van der Waals surface area contributed by atoms with Gasteiger partial charge in [-0.25, -0.2) is 12.7 Å². The first-order valence-corrected chi connectivity index (χ1v) is 10.6. The Morgan fingerprint density at radius 2 is 1.62 bits per heavy atom. The van der Waals surface area contributed by atoms with E-state index in [9.17, 15) is 18.0 Å². The van der Waals surface area contributed by atoms with Gasteiger partial charge in [-0.15, -0.1) is 0 Å². The SMILES string of the molecule is C[C@@H]1C[C@H](C)CN(C(=O)c2ccc(N3C(=O)C(C)(C)CS3(=O)=O)cc2)C1. The average molecular weight is 378 g/mol. The van der Waals surface area contributed by atoms with Crippen molar-refractivity contribution < 1.29 is 18.0 Å². The maximum atomic E-state index is 12.7. The van der Waals surface area contributed by atoms with E-state index >= 15 is 0 Å². The summed E-state index contributed by atoms with van der Waals surface area (Å²) < 4.78 is 25.6. The van der Waals surface area contributed by atoms with Crippen molar-refractivity contribution in [2.24, 2.45) is 17.3 Å². The van der Waals surface area contributed by atoms with Crippen molar-refractivity contribution in [2.75, 3.05) is 23.1 Å². The molecule has 0 spiro atoms. The number of sulfonamides is 1. The molecule has 2 saturated heterocycles. The Balaban J connectivity index is 1.83. The van der Waals surface area contributed by atoms with Crippen molar-refractivity contribution in [1.82, 2.24) is 4.90 Å². The van der Waals surface area contributed by atoms with Crippen LogP contribution in [0.15, 0.2) is 24.3 Å². The third-order valence-electron chi connectivity index (χ3n) is 5.09. The molecule has 0 saturated carbocycles. The van der Waals surface area contributed by atoms with Gasteiger partial charge in [0.2, 0.25) is 15.9 Å². The van der Waals surface area contributed by atoms with Crippen molar-refractivity contribution >= 4 is 27.5 Å². The molecule has 6 nitrogen and oxygen atoms in total. The van der Waals surface area contributed by atoms with E-state index in [1.807, 2.05) is 4.90 Å². The highest BCUT2D eigenvalue weighted by molar-refractivity contribution is 7.94. The van der Waals surface area contributed by atoms with E-state index in [2.05, 4.69) is 13.8 Å². The smallest absolute Gasteiger partial charge is 0.253 e. The highest BCUT2D eigenvalue weighted by atomic mass is 32.2. The molecule has 2 fully saturated rings. The van der Waals surface area contributed by atoms with Gasteiger partial charge in [0.05, 0.1) is 16.9 Å². The maximum absolute atomic E-state index is 12.7. The lowest BCUT2D eigenvalue weighted by atomic mass is 9.91. The van der Waals surface area contributed by atoms with Crippen LogP contribution >= 0.6 is 0 Å². The molecule has 1 aromatic carbocycles. The minimum atomic E-state index is -3.68. The summed E-state index contributed by atoms with van der Waals surface area (Å²) in [5, 5.41) is 0. The molecule has 1 aromatic rings. The molecular weight excluding hydrogens is 352 g/mol. The summed E-state index contributed by atoms with van der Waals surface area (Å²) in [4.78, 5) is 27.1. The number of benzene rings is 1. The fourth-order valence-corrected chi connectivity index (χ4v) is 6.12. The quantitative estimate of drug-likeness (QED) is 0.792. The molecule has 0 bridgehead atoms. The number of amides is 2. The van der Waals surface area contributed by atoms with Crippen LogP contribution in [0.1, 0.15) is 44.5 Å². The fourth-order valence-electron chi connectivity index (χ4n) is 4.01. The standard InChI is InChI=1S/C19H26N2O4S/c1-13-9-14(2)11-20(10-13)17(22)15-5-7-16(8-6-15)21-18(23)19(3,4)12-26(21,24)25/h5-8,13-14H,9-12H2,1-4H3/t13-,14+. The minimum absolute atomic E-state index is 0.0501. The number of likely N-dealkylation sites (tertiary alicyclic amines) is 1. The van der Waals surface area contributed by atoms with Crippen LogP contribution in [-0.2, 0) is 14.8 Å². The summed E-state index contributed by atoms with van der Waals surface area (Å²) in [6.07, 6.45) is 1.12. The first-order valence-electron chi connectivity index (χ1n) is 8.98. The summed E-state index contributed by atoms with van der Waals surface area (Å²) in [6.45, 7) is 9.01. The predicted molar refractivity (Wildman–Crippen MR) is 100 cm³/mol. The van der Waals surface area contributed by atoms with Crippen molar-refractivity contribution in [3.63, 3.8) is 0 Å². The highest BCUT2D eigenvalue weighted by Crippen LogP contribution is 2.35. The number of piperidine rings is 1. The lowest BCUT2D eigenvalue weighted by molar-refractivity contribution is -0.123. The number of hydrogen-bond acceptors (Lipinski definition) is 4. The monoisotopic (exact) mass is 378 g/mol. The Hall–Kier alpha value is -1.89. The lowest BCUT2D eigenvalue weighted by Crippen LogP contribution is -2.42. The molecule has 0 radical (unpaired) electrons. The second-order valence-electron chi connectivity index (χ2n) is 8.41. The summed E-state index contributed by atoms with van der Waals surface area (Å²) in [5.41, 5.74) is -0.135. The molecule has 0 unspecified atom stereocenters. The van der Waals surface area contributed by atoms with Gasteiger partial charge in [0.25, 0.3) is 5.91 Å². The van der Waals surface area contributed by atoms with Crippen molar-refractivity contribution in [1.29, 1.82) is 0 Å². The molecule has 2 aliphatic rings. The topological polar surface area (TPSA) is 74.8 Å². The summed E-state index contributed by atoms with van der Waals surface area (Å²) in [7, 11) is -3.68. The third-order valence-corrected chi connectivity index (χ3v) is 7.11. The molecule has 26 heavy (non-hydrogen) atoms. The molecular formula is C19H26N2O4S. The van der Waals surface area contributed by atoms with Crippen LogP contribution < -0.4 is 4.31 Å². The number of carbonyl (C=O) groups excluding carboxylic acids is 2. The van der Waals surface area contributed by atoms with Crippen LogP contribution in [0.5, 0.6) is 0 Å². The van der Waals surface area contributed by atoms with Gasteiger partial charge in [-0.3, -0.25) is 9.59 Å². The summed E-state index contributed by atoms with van der Waals surface area (Å²) in [5.74, 6) is 0.248. The molecule has 2 aliphatic heterocycles. The molecule has 3 rings (SSSR count). The van der Waals surface area contributed by atoms with Gasteiger partial charge in [-0.1, -0.05) is 13.8 Å². The van der Waals surface area contributed by atoms with Gasteiger partial charge >= 0.3 is 0 Å². The van der Waals surface area contributed by atoms with E-state index in [1.54, 1.807) is 38.1 Å². The Bertz CT molecular complexity index is 820. The molecule has 0 N–H and O–H groups in total. The van der Waals surface area contributed by atoms with Gasteiger partial charge in [-0.2, -0.15) is 0 Å². The number of anilines is 1. The van der Waals surface area contributed by atoms with E-state index in [4.69, 9.17) is 0 Å². The lowest BCUT2D eigenvalue weighted by Gasteiger charge is -2.35. The highest BCUT2D eigenvalue weighted by Gasteiger charge is 2.49. The first-order chi connectivity index (χ1) is 12.0. The van der Waals surface area contributed by atoms with Gasteiger partial charge in [0, 0.05) is 18.7 Å². The molecule has 2 amide bonds. The fraction of sp³-hybridized carbons (Fsp3) is 0.579. The van der Waals surface area contributed by atoms with Crippen LogP contribution in [-0.4, -0.2) is 44.0 Å². The van der Waals surface area contributed by atoms with Gasteiger partial charge in [0.15, 0.2) is 0 Å². The molecule has 0 aromatic heterocycles. The molecule has 2 atom stereocenters. The summed E-state index contributed by atoms with van der Waals surface area (Å²) >= 11 is 0.